The topological polar surface area (TPSA) is 76.1 Å². The molecule has 6 heteroatoms. The van der Waals surface area contributed by atoms with Gasteiger partial charge in [0.25, 0.3) is 5.91 Å². The lowest BCUT2D eigenvalue weighted by Gasteiger charge is -2.13. The van der Waals surface area contributed by atoms with Gasteiger partial charge < -0.3 is 15.4 Å². The SMILES string of the molecule is O=C(COc1nc(C2CCCN2)nc2ccccc12)Nc1ccccc1. The molecule has 0 spiro atoms. The summed E-state index contributed by atoms with van der Waals surface area (Å²) in [6.07, 6.45) is 2.11. The summed E-state index contributed by atoms with van der Waals surface area (Å²) in [6.45, 7) is 0.865. The van der Waals surface area contributed by atoms with Crippen LogP contribution in [0.5, 0.6) is 5.88 Å². The van der Waals surface area contributed by atoms with Crippen LogP contribution < -0.4 is 15.4 Å². The minimum absolute atomic E-state index is 0.104. The second kappa shape index (κ2) is 7.49. The summed E-state index contributed by atoms with van der Waals surface area (Å²) in [6, 6.07) is 17.1. The third-order valence-corrected chi connectivity index (χ3v) is 4.36. The number of nitrogens with zero attached hydrogens (tertiary/aromatic N) is 2. The minimum atomic E-state index is -0.223. The number of fused-ring (bicyclic) bond motifs is 1. The first-order valence-electron chi connectivity index (χ1n) is 8.77. The third-order valence-electron chi connectivity index (χ3n) is 4.36. The lowest BCUT2D eigenvalue weighted by Crippen LogP contribution is -2.21. The molecule has 2 aromatic carbocycles. The van der Waals surface area contributed by atoms with Crippen molar-refractivity contribution in [2.24, 2.45) is 0 Å². The molecule has 1 amide bonds. The molecule has 26 heavy (non-hydrogen) atoms. The summed E-state index contributed by atoms with van der Waals surface area (Å²) in [4.78, 5) is 21.4. The standard InChI is InChI=1S/C20H20N4O2/c25-18(22-14-7-2-1-3-8-14)13-26-20-15-9-4-5-10-16(15)23-19(24-20)17-11-6-12-21-17/h1-5,7-10,17,21H,6,11-13H2,(H,22,25). The highest BCUT2D eigenvalue weighted by Gasteiger charge is 2.21. The summed E-state index contributed by atoms with van der Waals surface area (Å²) in [5.41, 5.74) is 1.56. The van der Waals surface area contributed by atoms with Crippen molar-refractivity contribution < 1.29 is 9.53 Å². The van der Waals surface area contributed by atoms with Crippen molar-refractivity contribution in [2.45, 2.75) is 18.9 Å². The van der Waals surface area contributed by atoms with Gasteiger partial charge in [-0.2, -0.15) is 4.98 Å². The van der Waals surface area contributed by atoms with Gasteiger partial charge in [0.15, 0.2) is 6.61 Å². The van der Waals surface area contributed by atoms with Crippen LogP contribution in [0.15, 0.2) is 54.6 Å². The van der Waals surface area contributed by atoms with E-state index in [1.165, 1.54) is 0 Å². The smallest absolute Gasteiger partial charge is 0.262 e. The number of rotatable bonds is 5. The van der Waals surface area contributed by atoms with Gasteiger partial charge in [-0.3, -0.25) is 4.79 Å². The zero-order valence-electron chi connectivity index (χ0n) is 14.3. The number of benzene rings is 2. The van der Waals surface area contributed by atoms with Gasteiger partial charge in [0, 0.05) is 5.69 Å². The van der Waals surface area contributed by atoms with Gasteiger partial charge >= 0.3 is 0 Å². The Bertz CT molecular complexity index is 908. The predicted molar refractivity (Wildman–Crippen MR) is 100 cm³/mol. The van der Waals surface area contributed by atoms with E-state index in [1.807, 2.05) is 54.6 Å². The molecule has 0 bridgehead atoms. The fourth-order valence-electron chi connectivity index (χ4n) is 3.09. The van der Waals surface area contributed by atoms with Gasteiger partial charge in [0.1, 0.15) is 5.82 Å². The number of aromatic nitrogens is 2. The highest BCUT2D eigenvalue weighted by Crippen LogP contribution is 2.27. The van der Waals surface area contributed by atoms with Crippen molar-refractivity contribution in [3.63, 3.8) is 0 Å². The van der Waals surface area contributed by atoms with Gasteiger partial charge in [-0.25, -0.2) is 4.98 Å². The summed E-state index contributed by atoms with van der Waals surface area (Å²) in [5, 5.41) is 7.02. The number of nitrogens with one attached hydrogen (secondary N) is 2. The molecule has 132 valence electrons. The largest absolute Gasteiger partial charge is 0.467 e. The highest BCUT2D eigenvalue weighted by atomic mass is 16.5. The predicted octanol–water partition coefficient (Wildman–Crippen LogP) is 3.07. The molecule has 1 aliphatic heterocycles. The van der Waals surface area contributed by atoms with Crippen LogP contribution in [0.2, 0.25) is 0 Å². The van der Waals surface area contributed by atoms with Crippen LogP contribution in [-0.4, -0.2) is 29.0 Å². The van der Waals surface area contributed by atoms with Crippen molar-refractivity contribution >= 4 is 22.5 Å². The van der Waals surface area contributed by atoms with E-state index >= 15 is 0 Å². The Hall–Kier alpha value is -2.99. The van der Waals surface area contributed by atoms with Crippen LogP contribution in [0.4, 0.5) is 5.69 Å². The average molecular weight is 348 g/mol. The second-order valence-electron chi connectivity index (χ2n) is 6.26. The highest BCUT2D eigenvalue weighted by molar-refractivity contribution is 5.92. The first-order valence-corrected chi connectivity index (χ1v) is 8.77. The molecule has 1 unspecified atom stereocenters. The Balaban J connectivity index is 1.53. The lowest BCUT2D eigenvalue weighted by atomic mass is 10.2. The Labute approximate surface area is 151 Å². The van der Waals surface area contributed by atoms with Gasteiger partial charge in [-0.05, 0) is 43.7 Å². The van der Waals surface area contributed by atoms with E-state index in [4.69, 9.17) is 4.74 Å². The van der Waals surface area contributed by atoms with E-state index in [2.05, 4.69) is 20.6 Å². The fourth-order valence-corrected chi connectivity index (χ4v) is 3.09. The quantitative estimate of drug-likeness (QED) is 0.741. The van der Waals surface area contributed by atoms with Crippen molar-refractivity contribution in [1.82, 2.24) is 15.3 Å². The van der Waals surface area contributed by atoms with Crippen LogP contribution in [0.3, 0.4) is 0 Å². The first-order chi connectivity index (χ1) is 12.8. The zero-order valence-corrected chi connectivity index (χ0v) is 14.3. The number of para-hydroxylation sites is 2. The Kier molecular flexibility index (Phi) is 4.75. The van der Waals surface area contributed by atoms with E-state index in [9.17, 15) is 4.79 Å². The number of carbonyl (C=O) groups excluding carboxylic acids is 1. The summed E-state index contributed by atoms with van der Waals surface area (Å²) < 4.78 is 5.76. The van der Waals surface area contributed by atoms with Crippen molar-refractivity contribution in [3.8, 4) is 5.88 Å². The van der Waals surface area contributed by atoms with E-state index < -0.39 is 0 Å². The molecule has 0 saturated carbocycles. The molecule has 0 radical (unpaired) electrons. The molecule has 2 N–H and O–H groups in total. The Morgan fingerprint density at radius 3 is 2.73 bits per heavy atom. The van der Waals surface area contributed by atoms with Gasteiger partial charge in [-0.1, -0.05) is 30.3 Å². The fraction of sp³-hybridized carbons (Fsp3) is 0.250. The zero-order chi connectivity index (χ0) is 17.8. The second-order valence-corrected chi connectivity index (χ2v) is 6.26. The van der Waals surface area contributed by atoms with Crippen LogP contribution in [0.25, 0.3) is 10.9 Å². The van der Waals surface area contributed by atoms with Crippen LogP contribution in [0.1, 0.15) is 24.7 Å². The molecular weight excluding hydrogens is 328 g/mol. The number of ether oxygens (including phenoxy) is 1. The Morgan fingerprint density at radius 2 is 1.92 bits per heavy atom. The van der Waals surface area contributed by atoms with Gasteiger partial charge in [0.05, 0.1) is 16.9 Å². The van der Waals surface area contributed by atoms with Crippen LogP contribution in [-0.2, 0) is 4.79 Å². The summed E-state index contributed by atoms with van der Waals surface area (Å²) in [5.74, 6) is 0.946. The van der Waals surface area contributed by atoms with Crippen LogP contribution >= 0.6 is 0 Å². The molecule has 1 saturated heterocycles. The van der Waals surface area contributed by atoms with E-state index in [1.54, 1.807) is 0 Å². The normalized spacial score (nSPS) is 16.5. The summed E-state index contributed by atoms with van der Waals surface area (Å²) >= 11 is 0. The molecule has 1 fully saturated rings. The molecule has 4 rings (SSSR count). The van der Waals surface area contributed by atoms with Crippen molar-refractivity contribution in [1.29, 1.82) is 0 Å². The monoisotopic (exact) mass is 348 g/mol. The molecule has 1 aliphatic rings. The van der Waals surface area contributed by atoms with Gasteiger partial charge in [0.2, 0.25) is 5.88 Å². The molecular formula is C20H20N4O2. The molecule has 1 aromatic heterocycles. The molecule has 1 atom stereocenters. The molecule has 2 heterocycles. The minimum Gasteiger partial charge on any atom is -0.467 e. The molecule has 6 nitrogen and oxygen atoms in total. The number of amides is 1. The molecule has 0 aliphatic carbocycles. The first kappa shape index (κ1) is 16.5. The van der Waals surface area contributed by atoms with E-state index in [0.717, 1.165) is 41.8 Å². The van der Waals surface area contributed by atoms with E-state index in [0.29, 0.717) is 5.88 Å². The maximum Gasteiger partial charge on any atom is 0.262 e. The third kappa shape index (κ3) is 3.65. The average Bonchev–Trinajstić information content (AvgIpc) is 3.21. The van der Waals surface area contributed by atoms with Crippen LogP contribution in [0, 0.1) is 0 Å². The maximum atomic E-state index is 12.2. The molecule has 3 aromatic rings. The summed E-state index contributed by atoms with van der Waals surface area (Å²) in [7, 11) is 0. The van der Waals surface area contributed by atoms with Crippen molar-refractivity contribution in [2.75, 3.05) is 18.5 Å². The lowest BCUT2D eigenvalue weighted by molar-refractivity contribution is -0.118. The van der Waals surface area contributed by atoms with Gasteiger partial charge in [-0.15, -0.1) is 0 Å². The number of hydrogen-bond donors (Lipinski definition) is 2. The van der Waals surface area contributed by atoms with E-state index in [-0.39, 0.29) is 18.6 Å². The Morgan fingerprint density at radius 1 is 1.12 bits per heavy atom. The number of carbonyl (C=O) groups is 1. The van der Waals surface area contributed by atoms with Crippen molar-refractivity contribution in [3.05, 3.63) is 60.4 Å². The maximum absolute atomic E-state index is 12.2. The number of anilines is 1. The number of hydrogen-bond acceptors (Lipinski definition) is 5.